The van der Waals surface area contributed by atoms with Crippen LogP contribution >= 0.6 is 0 Å². The summed E-state index contributed by atoms with van der Waals surface area (Å²) in [6, 6.07) is 0. The van der Waals surface area contributed by atoms with Crippen LogP contribution in [-0.2, 0) is 4.79 Å². The Labute approximate surface area is 80.3 Å². The molecule has 76 valence electrons. The summed E-state index contributed by atoms with van der Waals surface area (Å²) in [7, 11) is 0. The van der Waals surface area contributed by atoms with Gasteiger partial charge in [-0.15, -0.1) is 0 Å². The van der Waals surface area contributed by atoms with Gasteiger partial charge < -0.3 is 10.6 Å². The molecule has 1 rings (SSSR count). The minimum absolute atomic E-state index is 0.114. The van der Waals surface area contributed by atoms with Crippen molar-refractivity contribution in [1.82, 2.24) is 10.6 Å². The molecule has 2 N–H and O–H groups in total. The second-order valence-electron chi connectivity index (χ2n) is 4.07. The van der Waals surface area contributed by atoms with Crippen LogP contribution in [0.3, 0.4) is 0 Å². The Kier molecular flexibility index (Phi) is 3.72. The number of hydrogen-bond acceptors (Lipinski definition) is 2. The van der Waals surface area contributed by atoms with Gasteiger partial charge in [0.2, 0.25) is 5.91 Å². The zero-order chi connectivity index (χ0) is 9.73. The van der Waals surface area contributed by atoms with Crippen LogP contribution < -0.4 is 10.6 Å². The van der Waals surface area contributed by atoms with Crippen molar-refractivity contribution in [2.75, 3.05) is 13.1 Å². The maximum atomic E-state index is 11.4. The molecule has 0 spiro atoms. The first-order valence-corrected chi connectivity index (χ1v) is 5.18. The summed E-state index contributed by atoms with van der Waals surface area (Å²) in [5, 5.41) is 6.21. The summed E-state index contributed by atoms with van der Waals surface area (Å²) < 4.78 is 0. The zero-order valence-corrected chi connectivity index (χ0v) is 8.65. The molecule has 3 nitrogen and oxygen atoms in total. The molecule has 0 atom stereocenters. The SMILES string of the molecule is CCNCCC(=O)NC1(C)CCC1. The highest BCUT2D eigenvalue weighted by Crippen LogP contribution is 2.30. The van der Waals surface area contributed by atoms with Gasteiger partial charge in [0.25, 0.3) is 0 Å². The van der Waals surface area contributed by atoms with Crippen LogP contribution in [0.4, 0.5) is 0 Å². The van der Waals surface area contributed by atoms with Gasteiger partial charge in [0.1, 0.15) is 0 Å². The number of hydrogen-bond donors (Lipinski definition) is 2. The second-order valence-corrected chi connectivity index (χ2v) is 4.07. The largest absolute Gasteiger partial charge is 0.351 e. The Bertz CT molecular complexity index is 176. The summed E-state index contributed by atoms with van der Waals surface area (Å²) >= 11 is 0. The molecule has 0 saturated heterocycles. The van der Waals surface area contributed by atoms with Crippen molar-refractivity contribution in [1.29, 1.82) is 0 Å². The van der Waals surface area contributed by atoms with Crippen LogP contribution in [0.25, 0.3) is 0 Å². The summed E-state index contributed by atoms with van der Waals surface area (Å²) in [6.45, 7) is 5.90. The van der Waals surface area contributed by atoms with Crippen molar-refractivity contribution in [3.05, 3.63) is 0 Å². The molecule has 0 aliphatic heterocycles. The number of rotatable bonds is 5. The van der Waals surface area contributed by atoms with Crippen molar-refractivity contribution >= 4 is 5.91 Å². The van der Waals surface area contributed by atoms with E-state index in [1.807, 2.05) is 6.92 Å². The molecule has 3 heteroatoms. The van der Waals surface area contributed by atoms with Crippen molar-refractivity contribution in [2.24, 2.45) is 0 Å². The van der Waals surface area contributed by atoms with Crippen LogP contribution in [-0.4, -0.2) is 24.5 Å². The molecular formula is C10H20N2O. The Morgan fingerprint density at radius 3 is 2.62 bits per heavy atom. The van der Waals surface area contributed by atoms with Gasteiger partial charge in [-0.2, -0.15) is 0 Å². The van der Waals surface area contributed by atoms with Gasteiger partial charge >= 0.3 is 0 Å². The molecule has 1 fully saturated rings. The topological polar surface area (TPSA) is 41.1 Å². The molecule has 1 amide bonds. The van der Waals surface area contributed by atoms with E-state index in [1.54, 1.807) is 0 Å². The molecule has 1 aliphatic carbocycles. The summed E-state index contributed by atoms with van der Waals surface area (Å²) in [4.78, 5) is 11.4. The molecule has 0 aromatic carbocycles. The maximum Gasteiger partial charge on any atom is 0.221 e. The van der Waals surface area contributed by atoms with Gasteiger partial charge in [-0.3, -0.25) is 4.79 Å². The predicted octanol–water partition coefficient (Wildman–Crippen LogP) is 1.04. The standard InChI is InChI=1S/C10H20N2O/c1-3-11-8-5-9(13)12-10(2)6-4-7-10/h11H,3-8H2,1-2H3,(H,12,13). The van der Waals surface area contributed by atoms with E-state index in [1.165, 1.54) is 6.42 Å². The van der Waals surface area contributed by atoms with E-state index in [0.717, 1.165) is 25.9 Å². The fraction of sp³-hybridized carbons (Fsp3) is 0.900. The lowest BCUT2D eigenvalue weighted by molar-refractivity contribution is -0.123. The van der Waals surface area contributed by atoms with Crippen molar-refractivity contribution in [3.8, 4) is 0 Å². The van der Waals surface area contributed by atoms with E-state index in [9.17, 15) is 4.79 Å². The monoisotopic (exact) mass is 184 g/mol. The second kappa shape index (κ2) is 4.61. The van der Waals surface area contributed by atoms with E-state index in [-0.39, 0.29) is 11.4 Å². The molecule has 0 unspecified atom stereocenters. The molecule has 13 heavy (non-hydrogen) atoms. The van der Waals surface area contributed by atoms with Crippen LogP contribution in [0.5, 0.6) is 0 Å². The molecule has 0 bridgehead atoms. The van der Waals surface area contributed by atoms with E-state index in [0.29, 0.717) is 6.42 Å². The summed E-state index contributed by atoms with van der Waals surface area (Å²) in [5.74, 6) is 0.183. The molecule has 0 radical (unpaired) electrons. The Hall–Kier alpha value is -0.570. The minimum Gasteiger partial charge on any atom is -0.351 e. The molecule has 1 saturated carbocycles. The average Bonchev–Trinajstić information content (AvgIpc) is 2.02. The zero-order valence-electron chi connectivity index (χ0n) is 8.65. The lowest BCUT2D eigenvalue weighted by atomic mass is 9.78. The third-order valence-corrected chi connectivity index (χ3v) is 2.68. The van der Waals surface area contributed by atoms with E-state index in [4.69, 9.17) is 0 Å². The fourth-order valence-electron chi connectivity index (χ4n) is 1.61. The highest BCUT2D eigenvalue weighted by Gasteiger charge is 2.32. The minimum atomic E-state index is 0.114. The molecule has 0 heterocycles. The molecule has 0 aromatic rings. The van der Waals surface area contributed by atoms with Crippen LogP contribution in [0, 0.1) is 0 Å². The van der Waals surface area contributed by atoms with Crippen molar-refractivity contribution < 1.29 is 4.79 Å². The lowest BCUT2D eigenvalue weighted by Crippen LogP contribution is -2.51. The normalized spacial score (nSPS) is 19.2. The van der Waals surface area contributed by atoms with E-state index >= 15 is 0 Å². The van der Waals surface area contributed by atoms with Crippen molar-refractivity contribution in [3.63, 3.8) is 0 Å². The first-order valence-electron chi connectivity index (χ1n) is 5.18. The highest BCUT2D eigenvalue weighted by atomic mass is 16.1. The first-order chi connectivity index (χ1) is 6.16. The molecular weight excluding hydrogens is 164 g/mol. The molecule has 1 aliphatic rings. The Balaban J connectivity index is 2.10. The summed E-state index contributed by atoms with van der Waals surface area (Å²) in [5.41, 5.74) is 0.114. The van der Waals surface area contributed by atoms with Crippen LogP contribution in [0.15, 0.2) is 0 Å². The fourth-order valence-corrected chi connectivity index (χ4v) is 1.61. The van der Waals surface area contributed by atoms with Gasteiger partial charge in [0.05, 0.1) is 0 Å². The van der Waals surface area contributed by atoms with Gasteiger partial charge in [-0.1, -0.05) is 6.92 Å². The number of carbonyl (C=O) groups excluding carboxylic acids is 1. The van der Waals surface area contributed by atoms with Gasteiger partial charge in [0.15, 0.2) is 0 Å². The Morgan fingerprint density at radius 2 is 2.15 bits per heavy atom. The van der Waals surface area contributed by atoms with E-state index < -0.39 is 0 Å². The quantitative estimate of drug-likeness (QED) is 0.627. The van der Waals surface area contributed by atoms with Gasteiger partial charge in [-0.25, -0.2) is 0 Å². The van der Waals surface area contributed by atoms with Crippen LogP contribution in [0.1, 0.15) is 39.5 Å². The van der Waals surface area contributed by atoms with Gasteiger partial charge in [-0.05, 0) is 32.7 Å². The average molecular weight is 184 g/mol. The smallest absolute Gasteiger partial charge is 0.221 e. The number of amides is 1. The first kappa shape index (κ1) is 10.5. The summed E-state index contributed by atoms with van der Waals surface area (Å²) in [6.07, 6.45) is 4.13. The Morgan fingerprint density at radius 1 is 1.46 bits per heavy atom. The third kappa shape index (κ3) is 3.35. The van der Waals surface area contributed by atoms with Gasteiger partial charge in [0, 0.05) is 18.5 Å². The lowest BCUT2D eigenvalue weighted by Gasteiger charge is -2.39. The predicted molar refractivity (Wildman–Crippen MR) is 53.6 cm³/mol. The number of nitrogens with one attached hydrogen (secondary N) is 2. The maximum absolute atomic E-state index is 11.4. The van der Waals surface area contributed by atoms with Crippen LogP contribution in [0.2, 0.25) is 0 Å². The van der Waals surface area contributed by atoms with Crippen molar-refractivity contribution in [2.45, 2.75) is 45.1 Å². The third-order valence-electron chi connectivity index (χ3n) is 2.68. The molecule has 0 aromatic heterocycles. The van der Waals surface area contributed by atoms with E-state index in [2.05, 4.69) is 17.6 Å². The highest BCUT2D eigenvalue weighted by molar-refractivity contribution is 5.77. The number of carbonyl (C=O) groups is 1.